The Morgan fingerprint density at radius 3 is 2.53 bits per heavy atom. The Morgan fingerprint density at radius 1 is 1.53 bits per heavy atom. The number of amides is 1. The van der Waals surface area contributed by atoms with Crippen molar-refractivity contribution in [2.75, 3.05) is 26.3 Å². The number of hydrogen-bond acceptors (Lipinski definition) is 4. The molecule has 1 aliphatic heterocycles. The zero-order valence-corrected chi connectivity index (χ0v) is 8.18. The largest absolute Gasteiger partial charge is 0.481 e. The summed E-state index contributed by atoms with van der Waals surface area (Å²) in [7, 11) is 0. The van der Waals surface area contributed by atoms with Gasteiger partial charge in [0.25, 0.3) is 0 Å². The maximum Gasteiger partial charge on any atom is 0.410 e. The van der Waals surface area contributed by atoms with E-state index < -0.39 is 24.1 Å². The summed E-state index contributed by atoms with van der Waals surface area (Å²) in [5, 5.41) is 17.7. The van der Waals surface area contributed by atoms with Gasteiger partial charge in [-0.05, 0) is 0 Å². The lowest BCUT2D eigenvalue weighted by molar-refractivity contribution is -0.162. The van der Waals surface area contributed by atoms with Gasteiger partial charge in [0.2, 0.25) is 0 Å². The van der Waals surface area contributed by atoms with E-state index in [1.165, 1.54) is 11.0 Å². The molecular formula is C9H13NO5. The molecule has 15 heavy (non-hydrogen) atoms. The van der Waals surface area contributed by atoms with Gasteiger partial charge >= 0.3 is 12.1 Å². The van der Waals surface area contributed by atoms with Gasteiger partial charge in [0, 0.05) is 13.1 Å². The van der Waals surface area contributed by atoms with Crippen molar-refractivity contribution in [3.63, 3.8) is 0 Å². The number of carboxylic acids is 1. The standard InChI is InChI=1S/C9H13NO5/c1-2-3-15-8(14)10-4-9(5-10,6-11)7(12)13/h2,11H,1,3-6H2,(H,12,13). The van der Waals surface area contributed by atoms with Gasteiger partial charge in [-0.15, -0.1) is 0 Å². The molecule has 0 aromatic rings. The highest BCUT2D eigenvalue weighted by Crippen LogP contribution is 2.30. The van der Waals surface area contributed by atoms with Crippen LogP contribution in [0.25, 0.3) is 0 Å². The summed E-state index contributed by atoms with van der Waals surface area (Å²) in [4.78, 5) is 23.2. The third-order valence-electron chi connectivity index (χ3n) is 2.33. The molecule has 0 atom stereocenters. The molecule has 1 fully saturated rings. The zero-order chi connectivity index (χ0) is 11.5. The van der Waals surface area contributed by atoms with Crippen molar-refractivity contribution in [1.29, 1.82) is 0 Å². The Bertz CT molecular complexity index is 282. The lowest BCUT2D eigenvalue weighted by Gasteiger charge is -2.44. The Hall–Kier alpha value is -1.56. The Morgan fingerprint density at radius 2 is 2.13 bits per heavy atom. The van der Waals surface area contributed by atoms with E-state index in [4.69, 9.17) is 14.9 Å². The minimum absolute atomic E-state index is 0.0190. The van der Waals surface area contributed by atoms with Crippen LogP contribution in [0.1, 0.15) is 0 Å². The van der Waals surface area contributed by atoms with Crippen LogP contribution in [0.2, 0.25) is 0 Å². The van der Waals surface area contributed by atoms with Crippen molar-refractivity contribution < 1.29 is 24.5 Å². The monoisotopic (exact) mass is 215 g/mol. The summed E-state index contributed by atoms with van der Waals surface area (Å²) in [6.07, 6.45) is 0.842. The predicted molar refractivity (Wildman–Crippen MR) is 50.3 cm³/mol. The number of carboxylic acid groups (broad SMARTS) is 1. The van der Waals surface area contributed by atoms with E-state index in [0.29, 0.717) is 0 Å². The average Bonchev–Trinajstić information content (AvgIpc) is 2.13. The summed E-state index contributed by atoms with van der Waals surface area (Å²) < 4.78 is 4.71. The first-order valence-corrected chi connectivity index (χ1v) is 4.42. The number of aliphatic hydroxyl groups is 1. The number of nitrogens with zero attached hydrogens (tertiary/aromatic N) is 1. The molecule has 0 radical (unpaired) electrons. The molecule has 2 N–H and O–H groups in total. The van der Waals surface area contributed by atoms with E-state index >= 15 is 0 Å². The van der Waals surface area contributed by atoms with Crippen molar-refractivity contribution >= 4 is 12.1 Å². The Balaban J connectivity index is 2.44. The molecular weight excluding hydrogens is 202 g/mol. The van der Waals surface area contributed by atoms with Crippen molar-refractivity contribution in [2.24, 2.45) is 5.41 Å². The first-order chi connectivity index (χ1) is 7.05. The fourth-order valence-corrected chi connectivity index (χ4v) is 1.34. The highest BCUT2D eigenvalue weighted by atomic mass is 16.6. The topological polar surface area (TPSA) is 87.1 Å². The molecule has 0 aromatic heterocycles. The van der Waals surface area contributed by atoms with Crippen LogP contribution in [0, 0.1) is 5.41 Å². The number of aliphatic hydroxyl groups excluding tert-OH is 1. The molecule has 6 nitrogen and oxygen atoms in total. The van der Waals surface area contributed by atoms with Crippen LogP contribution in [0.4, 0.5) is 4.79 Å². The number of aliphatic carboxylic acids is 1. The van der Waals surface area contributed by atoms with E-state index in [0.717, 1.165) is 0 Å². The highest BCUT2D eigenvalue weighted by Gasteiger charge is 2.51. The summed E-state index contributed by atoms with van der Waals surface area (Å²) in [6, 6.07) is 0. The second-order valence-electron chi connectivity index (χ2n) is 3.47. The molecule has 0 bridgehead atoms. The molecule has 0 saturated carbocycles. The lowest BCUT2D eigenvalue weighted by Crippen LogP contribution is -2.64. The molecule has 0 aromatic carbocycles. The van der Waals surface area contributed by atoms with Crippen LogP contribution in [-0.4, -0.2) is 53.5 Å². The molecule has 0 spiro atoms. The Labute approximate surface area is 86.7 Å². The van der Waals surface area contributed by atoms with E-state index in [9.17, 15) is 9.59 Å². The molecule has 1 amide bonds. The fourth-order valence-electron chi connectivity index (χ4n) is 1.34. The molecule has 1 aliphatic rings. The van der Waals surface area contributed by atoms with Gasteiger partial charge in [0.05, 0.1) is 6.61 Å². The minimum atomic E-state index is -1.22. The second-order valence-corrected chi connectivity index (χ2v) is 3.47. The number of carbonyl (C=O) groups excluding carboxylic acids is 1. The Kier molecular flexibility index (Phi) is 3.31. The number of carbonyl (C=O) groups is 2. The van der Waals surface area contributed by atoms with E-state index in [-0.39, 0.29) is 19.7 Å². The molecule has 84 valence electrons. The molecule has 1 heterocycles. The van der Waals surface area contributed by atoms with Crippen LogP contribution in [0.3, 0.4) is 0 Å². The zero-order valence-electron chi connectivity index (χ0n) is 8.18. The molecule has 1 rings (SSSR count). The van der Waals surface area contributed by atoms with Gasteiger partial charge < -0.3 is 19.8 Å². The van der Waals surface area contributed by atoms with Gasteiger partial charge in [-0.2, -0.15) is 0 Å². The summed E-state index contributed by atoms with van der Waals surface area (Å²) in [5.41, 5.74) is -1.22. The van der Waals surface area contributed by atoms with Crippen molar-refractivity contribution in [1.82, 2.24) is 4.90 Å². The average molecular weight is 215 g/mol. The van der Waals surface area contributed by atoms with E-state index in [2.05, 4.69) is 6.58 Å². The quantitative estimate of drug-likeness (QED) is 0.628. The molecule has 0 aliphatic carbocycles. The number of ether oxygens (including phenoxy) is 1. The predicted octanol–water partition coefficient (Wildman–Crippen LogP) is -0.312. The van der Waals surface area contributed by atoms with Gasteiger partial charge in [-0.1, -0.05) is 12.7 Å². The SMILES string of the molecule is C=CCOC(=O)N1CC(CO)(C(=O)O)C1. The second kappa shape index (κ2) is 4.31. The minimum Gasteiger partial charge on any atom is -0.481 e. The molecule has 1 saturated heterocycles. The number of hydrogen-bond donors (Lipinski definition) is 2. The van der Waals surface area contributed by atoms with Crippen LogP contribution in [0.15, 0.2) is 12.7 Å². The smallest absolute Gasteiger partial charge is 0.410 e. The van der Waals surface area contributed by atoms with Gasteiger partial charge in [0.1, 0.15) is 12.0 Å². The third kappa shape index (κ3) is 2.10. The van der Waals surface area contributed by atoms with Crippen LogP contribution in [0.5, 0.6) is 0 Å². The van der Waals surface area contributed by atoms with Gasteiger partial charge in [-0.3, -0.25) is 4.79 Å². The van der Waals surface area contributed by atoms with Crippen LogP contribution >= 0.6 is 0 Å². The maximum atomic E-state index is 11.2. The van der Waals surface area contributed by atoms with Crippen molar-refractivity contribution in [3.05, 3.63) is 12.7 Å². The highest BCUT2D eigenvalue weighted by molar-refractivity contribution is 5.80. The van der Waals surface area contributed by atoms with Crippen LogP contribution in [-0.2, 0) is 9.53 Å². The van der Waals surface area contributed by atoms with Gasteiger partial charge in [-0.25, -0.2) is 4.79 Å². The number of rotatable bonds is 4. The maximum absolute atomic E-state index is 11.2. The van der Waals surface area contributed by atoms with Gasteiger partial charge in [0.15, 0.2) is 0 Å². The molecule has 0 unspecified atom stereocenters. The number of likely N-dealkylation sites (tertiary alicyclic amines) is 1. The lowest BCUT2D eigenvalue weighted by atomic mass is 9.81. The normalized spacial score (nSPS) is 17.8. The van der Waals surface area contributed by atoms with Crippen LogP contribution < -0.4 is 0 Å². The van der Waals surface area contributed by atoms with Crippen molar-refractivity contribution in [2.45, 2.75) is 0 Å². The summed E-state index contributed by atoms with van der Waals surface area (Å²) >= 11 is 0. The summed E-state index contributed by atoms with van der Waals surface area (Å²) in [5.74, 6) is -1.10. The first kappa shape index (κ1) is 11.5. The van der Waals surface area contributed by atoms with E-state index in [1.54, 1.807) is 0 Å². The van der Waals surface area contributed by atoms with Crippen molar-refractivity contribution in [3.8, 4) is 0 Å². The summed E-state index contributed by atoms with van der Waals surface area (Å²) in [6.45, 7) is 2.95. The fraction of sp³-hybridized carbons (Fsp3) is 0.556. The third-order valence-corrected chi connectivity index (χ3v) is 2.33. The first-order valence-electron chi connectivity index (χ1n) is 4.42. The molecule has 6 heteroatoms. The van der Waals surface area contributed by atoms with E-state index in [1.807, 2.05) is 0 Å².